The van der Waals surface area contributed by atoms with Crippen LogP contribution in [0.5, 0.6) is 0 Å². The minimum Gasteiger partial charge on any atom is -0.396 e. The smallest absolute Gasteiger partial charge is 0.0718 e. The van der Waals surface area contributed by atoms with E-state index in [9.17, 15) is 15.3 Å². The van der Waals surface area contributed by atoms with Gasteiger partial charge in [-0.05, 0) is 24.8 Å². The molecule has 1 aliphatic rings. The Morgan fingerprint density at radius 1 is 1.11 bits per heavy atom. The molecule has 1 saturated heterocycles. The van der Waals surface area contributed by atoms with Gasteiger partial charge in [0.25, 0.3) is 0 Å². The molecule has 19 heavy (non-hydrogen) atoms. The van der Waals surface area contributed by atoms with E-state index in [0.29, 0.717) is 19.4 Å². The van der Waals surface area contributed by atoms with E-state index in [1.54, 1.807) is 0 Å². The van der Waals surface area contributed by atoms with Crippen LogP contribution in [0.4, 0.5) is 0 Å². The molecule has 1 aliphatic heterocycles. The molecule has 4 heteroatoms. The Morgan fingerprint density at radius 2 is 1.84 bits per heavy atom. The first-order chi connectivity index (χ1) is 9.26. The van der Waals surface area contributed by atoms with Crippen molar-refractivity contribution in [1.82, 2.24) is 4.90 Å². The molecule has 4 nitrogen and oxygen atoms in total. The molecular formula is C15H23NO3. The third-order valence-corrected chi connectivity index (χ3v) is 3.99. The molecule has 0 bridgehead atoms. The van der Waals surface area contributed by atoms with E-state index < -0.39 is 6.10 Å². The number of rotatable bonds is 5. The van der Waals surface area contributed by atoms with Crippen molar-refractivity contribution in [3.63, 3.8) is 0 Å². The van der Waals surface area contributed by atoms with E-state index in [2.05, 4.69) is 4.90 Å². The van der Waals surface area contributed by atoms with Crippen molar-refractivity contribution in [1.29, 1.82) is 0 Å². The molecule has 0 aliphatic carbocycles. The van der Waals surface area contributed by atoms with Gasteiger partial charge in [0.05, 0.1) is 18.8 Å². The van der Waals surface area contributed by atoms with Crippen LogP contribution >= 0.6 is 0 Å². The van der Waals surface area contributed by atoms with Gasteiger partial charge in [0.1, 0.15) is 0 Å². The molecule has 1 fully saturated rings. The van der Waals surface area contributed by atoms with Crippen LogP contribution < -0.4 is 0 Å². The molecule has 0 spiro atoms. The number of benzene rings is 1. The molecular weight excluding hydrogens is 242 g/mol. The monoisotopic (exact) mass is 265 g/mol. The molecule has 1 aromatic rings. The lowest BCUT2D eigenvalue weighted by Gasteiger charge is -2.44. The van der Waals surface area contributed by atoms with Crippen molar-refractivity contribution in [2.45, 2.75) is 44.0 Å². The fourth-order valence-electron chi connectivity index (χ4n) is 2.94. The Bertz CT molecular complexity index is 371. The van der Waals surface area contributed by atoms with Gasteiger partial charge in [-0.2, -0.15) is 0 Å². The van der Waals surface area contributed by atoms with Crippen LogP contribution in [0.3, 0.4) is 0 Å². The molecule has 2 rings (SSSR count). The molecule has 1 heterocycles. The average Bonchev–Trinajstić information content (AvgIpc) is 2.43. The summed E-state index contributed by atoms with van der Waals surface area (Å²) in [5.74, 6) is 0. The van der Waals surface area contributed by atoms with Gasteiger partial charge < -0.3 is 15.3 Å². The first kappa shape index (κ1) is 14.5. The van der Waals surface area contributed by atoms with Crippen molar-refractivity contribution in [2.24, 2.45) is 0 Å². The second kappa shape index (κ2) is 7.01. The fourth-order valence-corrected chi connectivity index (χ4v) is 2.94. The average molecular weight is 265 g/mol. The molecule has 0 aromatic heterocycles. The Hall–Kier alpha value is -0.940. The van der Waals surface area contributed by atoms with Crippen LogP contribution in [0, 0.1) is 0 Å². The maximum atomic E-state index is 10.0. The lowest BCUT2D eigenvalue weighted by molar-refractivity contribution is -0.0536. The summed E-state index contributed by atoms with van der Waals surface area (Å²) in [7, 11) is 0. The molecule has 0 amide bonds. The summed E-state index contributed by atoms with van der Waals surface area (Å²) >= 11 is 0. The molecule has 3 atom stereocenters. The molecule has 0 radical (unpaired) electrons. The highest BCUT2D eigenvalue weighted by Gasteiger charge is 2.35. The van der Waals surface area contributed by atoms with Crippen molar-refractivity contribution >= 4 is 0 Å². The van der Waals surface area contributed by atoms with E-state index in [0.717, 1.165) is 12.0 Å². The third kappa shape index (κ3) is 3.54. The number of hydrogen-bond acceptors (Lipinski definition) is 4. The number of piperidine rings is 1. The highest BCUT2D eigenvalue weighted by atomic mass is 16.3. The third-order valence-electron chi connectivity index (χ3n) is 3.99. The van der Waals surface area contributed by atoms with E-state index in [1.165, 1.54) is 0 Å². The van der Waals surface area contributed by atoms with Gasteiger partial charge in [0, 0.05) is 19.2 Å². The van der Waals surface area contributed by atoms with Crippen LogP contribution in [0.25, 0.3) is 0 Å². The van der Waals surface area contributed by atoms with E-state index in [1.807, 2.05) is 30.3 Å². The summed E-state index contributed by atoms with van der Waals surface area (Å²) in [6.07, 6.45) is 1.77. The summed E-state index contributed by atoms with van der Waals surface area (Å²) < 4.78 is 0. The van der Waals surface area contributed by atoms with Crippen LogP contribution in [0.15, 0.2) is 30.3 Å². The Morgan fingerprint density at radius 3 is 2.47 bits per heavy atom. The summed E-state index contributed by atoms with van der Waals surface area (Å²) in [4.78, 5) is 2.14. The summed E-state index contributed by atoms with van der Waals surface area (Å²) in [6, 6.07) is 10.0. The predicted octanol–water partition coefficient (Wildman–Crippen LogP) is 0.755. The largest absolute Gasteiger partial charge is 0.396 e. The summed E-state index contributed by atoms with van der Waals surface area (Å²) in [5.41, 5.74) is 1.16. The van der Waals surface area contributed by atoms with Crippen LogP contribution in [-0.2, 0) is 6.54 Å². The summed E-state index contributed by atoms with van der Waals surface area (Å²) in [6.45, 7) is 0.800. The second-order valence-corrected chi connectivity index (χ2v) is 5.22. The van der Waals surface area contributed by atoms with Gasteiger partial charge in [-0.1, -0.05) is 30.3 Å². The SMILES string of the molecule is OCC[C@H]1CC[C@@H](O)[C@H](CO)N1Cc1ccccc1. The van der Waals surface area contributed by atoms with Gasteiger partial charge in [0.2, 0.25) is 0 Å². The molecule has 3 N–H and O–H groups in total. The fraction of sp³-hybridized carbons (Fsp3) is 0.600. The zero-order chi connectivity index (χ0) is 13.7. The molecule has 1 aromatic carbocycles. The maximum Gasteiger partial charge on any atom is 0.0718 e. The number of nitrogens with zero attached hydrogens (tertiary/aromatic N) is 1. The number of hydrogen-bond donors (Lipinski definition) is 3. The van der Waals surface area contributed by atoms with Crippen LogP contribution in [0.2, 0.25) is 0 Å². The zero-order valence-electron chi connectivity index (χ0n) is 11.2. The number of aliphatic hydroxyl groups excluding tert-OH is 3. The van der Waals surface area contributed by atoms with Crippen molar-refractivity contribution < 1.29 is 15.3 Å². The van der Waals surface area contributed by atoms with Crippen molar-refractivity contribution in [3.05, 3.63) is 35.9 Å². The predicted molar refractivity (Wildman–Crippen MR) is 73.6 cm³/mol. The second-order valence-electron chi connectivity index (χ2n) is 5.22. The van der Waals surface area contributed by atoms with E-state index in [4.69, 9.17) is 0 Å². The topological polar surface area (TPSA) is 63.9 Å². The lowest BCUT2D eigenvalue weighted by atomic mass is 9.91. The normalized spacial score (nSPS) is 28.5. The van der Waals surface area contributed by atoms with Gasteiger partial charge >= 0.3 is 0 Å². The van der Waals surface area contributed by atoms with Gasteiger partial charge in [-0.3, -0.25) is 4.90 Å². The zero-order valence-corrected chi connectivity index (χ0v) is 11.2. The van der Waals surface area contributed by atoms with Crippen molar-refractivity contribution in [3.8, 4) is 0 Å². The first-order valence-corrected chi connectivity index (χ1v) is 6.95. The quantitative estimate of drug-likeness (QED) is 0.735. The number of likely N-dealkylation sites (tertiary alicyclic amines) is 1. The Labute approximate surface area is 114 Å². The van der Waals surface area contributed by atoms with Gasteiger partial charge in [-0.15, -0.1) is 0 Å². The van der Waals surface area contributed by atoms with E-state index in [-0.39, 0.29) is 25.3 Å². The minimum atomic E-state index is -0.483. The standard InChI is InChI=1S/C15H23NO3/c17-9-8-13-6-7-15(19)14(11-18)16(13)10-12-4-2-1-3-5-12/h1-5,13-15,17-19H,6-11H2/t13-,14+,15-/m1/s1. The molecule has 0 unspecified atom stereocenters. The van der Waals surface area contributed by atoms with E-state index >= 15 is 0 Å². The minimum absolute atomic E-state index is 0.0457. The summed E-state index contributed by atoms with van der Waals surface area (Å²) in [5, 5.41) is 28.7. The van der Waals surface area contributed by atoms with Crippen LogP contribution in [0.1, 0.15) is 24.8 Å². The lowest BCUT2D eigenvalue weighted by Crippen LogP contribution is -2.54. The molecule has 106 valence electrons. The van der Waals surface area contributed by atoms with Crippen molar-refractivity contribution in [2.75, 3.05) is 13.2 Å². The number of aliphatic hydroxyl groups is 3. The Balaban J connectivity index is 2.13. The highest BCUT2D eigenvalue weighted by molar-refractivity contribution is 5.15. The Kier molecular flexibility index (Phi) is 5.34. The van der Waals surface area contributed by atoms with Gasteiger partial charge in [0.15, 0.2) is 0 Å². The molecule has 0 saturated carbocycles. The van der Waals surface area contributed by atoms with Crippen LogP contribution in [-0.4, -0.2) is 51.6 Å². The van der Waals surface area contributed by atoms with Gasteiger partial charge in [-0.25, -0.2) is 0 Å². The highest BCUT2D eigenvalue weighted by Crippen LogP contribution is 2.27. The first-order valence-electron chi connectivity index (χ1n) is 6.95. The maximum absolute atomic E-state index is 10.0.